The van der Waals surface area contributed by atoms with Gasteiger partial charge in [-0.25, -0.2) is 4.79 Å². The maximum atomic E-state index is 11.9. The molecule has 24 heavy (non-hydrogen) atoms. The first-order valence-corrected chi connectivity index (χ1v) is 7.97. The number of amides is 3. The number of carbonyl (C=O) groups is 2. The summed E-state index contributed by atoms with van der Waals surface area (Å²) in [6.45, 7) is 4.38. The lowest BCUT2D eigenvalue weighted by molar-refractivity contribution is -0.120. The molecule has 0 fully saturated rings. The summed E-state index contributed by atoms with van der Waals surface area (Å²) in [6.07, 6.45) is 0.765. The minimum absolute atomic E-state index is 0.0501. The summed E-state index contributed by atoms with van der Waals surface area (Å²) in [7, 11) is 0. The summed E-state index contributed by atoms with van der Waals surface area (Å²) >= 11 is 0. The van der Waals surface area contributed by atoms with Gasteiger partial charge in [0.1, 0.15) is 0 Å². The first kappa shape index (κ1) is 17.5. The molecule has 0 atom stereocenters. The van der Waals surface area contributed by atoms with Crippen molar-refractivity contribution in [1.29, 1.82) is 0 Å². The second-order valence-electron chi connectivity index (χ2n) is 5.71. The standard InChI is InChI=1S/C19H23N3O2/c1-14-8-9-15(2)17(12-14)22-19(24)21-13-18(23)20-11-10-16-6-4-3-5-7-16/h3-9,12H,10-11,13H2,1-2H3,(H,20,23)(H2,21,22,24). The molecule has 3 amide bonds. The van der Waals surface area contributed by atoms with Crippen LogP contribution in [0.3, 0.4) is 0 Å². The van der Waals surface area contributed by atoms with Crippen molar-refractivity contribution in [3.8, 4) is 0 Å². The Labute approximate surface area is 142 Å². The number of hydrogen-bond acceptors (Lipinski definition) is 2. The van der Waals surface area contributed by atoms with Crippen LogP contribution < -0.4 is 16.0 Å². The number of carbonyl (C=O) groups excluding carboxylic acids is 2. The predicted octanol–water partition coefficient (Wildman–Crippen LogP) is 2.78. The zero-order valence-electron chi connectivity index (χ0n) is 14.1. The molecule has 0 aliphatic heterocycles. The molecule has 2 aromatic carbocycles. The first-order valence-electron chi connectivity index (χ1n) is 7.97. The van der Waals surface area contributed by atoms with Gasteiger partial charge in [-0.15, -0.1) is 0 Å². The third kappa shape index (κ3) is 5.76. The lowest BCUT2D eigenvalue weighted by Crippen LogP contribution is -2.39. The lowest BCUT2D eigenvalue weighted by atomic mass is 10.1. The van der Waals surface area contributed by atoms with Crippen molar-refractivity contribution in [2.24, 2.45) is 0 Å². The molecule has 2 rings (SSSR count). The average molecular weight is 325 g/mol. The highest BCUT2D eigenvalue weighted by Gasteiger charge is 2.07. The van der Waals surface area contributed by atoms with Gasteiger partial charge in [-0.3, -0.25) is 4.79 Å². The van der Waals surface area contributed by atoms with E-state index in [9.17, 15) is 9.59 Å². The second kappa shape index (κ2) is 8.72. The van der Waals surface area contributed by atoms with Crippen molar-refractivity contribution in [3.63, 3.8) is 0 Å². The molecular weight excluding hydrogens is 302 g/mol. The van der Waals surface area contributed by atoms with Crippen LogP contribution in [-0.2, 0) is 11.2 Å². The molecule has 0 aliphatic carbocycles. The number of urea groups is 1. The highest BCUT2D eigenvalue weighted by Crippen LogP contribution is 2.15. The molecule has 0 aliphatic rings. The summed E-state index contributed by atoms with van der Waals surface area (Å²) in [4.78, 5) is 23.6. The third-order valence-corrected chi connectivity index (χ3v) is 3.63. The van der Waals surface area contributed by atoms with E-state index < -0.39 is 0 Å². The third-order valence-electron chi connectivity index (χ3n) is 3.63. The summed E-state index contributed by atoms with van der Waals surface area (Å²) in [5.41, 5.74) is 3.95. The van der Waals surface area contributed by atoms with Gasteiger partial charge in [0, 0.05) is 12.2 Å². The van der Waals surface area contributed by atoms with E-state index in [1.807, 2.05) is 62.4 Å². The minimum Gasteiger partial charge on any atom is -0.354 e. The van der Waals surface area contributed by atoms with Crippen LogP contribution in [0.25, 0.3) is 0 Å². The lowest BCUT2D eigenvalue weighted by Gasteiger charge is -2.11. The fraction of sp³-hybridized carbons (Fsp3) is 0.263. The summed E-state index contributed by atoms with van der Waals surface area (Å²) in [6, 6.07) is 15.4. The van der Waals surface area contributed by atoms with E-state index in [4.69, 9.17) is 0 Å². The SMILES string of the molecule is Cc1ccc(C)c(NC(=O)NCC(=O)NCCc2ccccc2)c1. The Morgan fingerprint density at radius 1 is 0.958 bits per heavy atom. The highest BCUT2D eigenvalue weighted by molar-refractivity contribution is 5.92. The maximum absolute atomic E-state index is 11.9. The summed E-state index contributed by atoms with van der Waals surface area (Å²) in [5, 5.41) is 8.11. The van der Waals surface area contributed by atoms with Crippen LogP contribution in [0.15, 0.2) is 48.5 Å². The Kier molecular flexibility index (Phi) is 6.37. The Balaban J connectivity index is 1.69. The number of nitrogens with one attached hydrogen (secondary N) is 3. The highest BCUT2D eigenvalue weighted by atomic mass is 16.2. The Bertz CT molecular complexity index is 699. The molecule has 0 bridgehead atoms. The molecule has 0 saturated heterocycles. The molecule has 0 radical (unpaired) electrons. The van der Waals surface area contributed by atoms with Crippen LogP contribution in [0.2, 0.25) is 0 Å². The van der Waals surface area contributed by atoms with Gasteiger partial charge in [0.05, 0.1) is 6.54 Å². The number of anilines is 1. The molecule has 0 saturated carbocycles. The molecule has 0 unspecified atom stereocenters. The van der Waals surface area contributed by atoms with Crippen molar-refractivity contribution >= 4 is 17.6 Å². The van der Waals surface area contributed by atoms with Crippen LogP contribution in [0, 0.1) is 13.8 Å². The molecule has 5 heteroatoms. The van der Waals surface area contributed by atoms with Gasteiger partial charge < -0.3 is 16.0 Å². The van der Waals surface area contributed by atoms with E-state index in [-0.39, 0.29) is 18.5 Å². The molecular formula is C19H23N3O2. The number of aryl methyl sites for hydroxylation is 2. The quantitative estimate of drug-likeness (QED) is 0.764. The second-order valence-corrected chi connectivity index (χ2v) is 5.71. The van der Waals surface area contributed by atoms with Gasteiger partial charge in [0.25, 0.3) is 0 Å². The van der Waals surface area contributed by atoms with E-state index in [1.54, 1.807) is 0 Å². The Morgan fingerprint density at radius 2 is 1.71 bits per heavy atom. The van der Waals surface area contributed by atoms with E-state index in [0.717, 1.165) is 23.2 Å². The molecule has 2 aromatic rings. The van der Waals surface area contributed by atoms with Crippen LogP contribution in [0.4, 0.5) is 10.5 Å². The zero-order valence-corrected chi connectivity index (χ0v) is 14.1. The van der Waals surface area contributed by atoms with Crippen molar-refractivity contribution in [2.45, 2.75) is 20.3 Å². The van der Waals surface area contributed by atoms with Crippen molar-refractivity contribution in [2.75, 3.05) is 18.4 Å². The van der Waals surface area contributed by atoms with E-state index in [0.29, 0.717) is 6.54 Å². The maximum Gasteiger partial charge on any atom is 0.319 e. The number of hydrogen-bond donors (Lipinski definition) is 3. The van der Waals surface area contributed by atoms with Crippen LogP contribution in [0.1, 0.15) is 16.7 Å². The monoisotopic (exact) mass is 325 g/mol. The van der Waals surface area contributed by atoms with Gasteiger partial charge in [-0.05, 0) is 43.0 Å². The van der Waals surface area contributed by atoms with Gasteiger partial charge in [-0.1, -0.05) is 42.5 Å². The van der Waals surface area contributed by atoms with E-state index in [2.05, 4.69) is 16.0 Å². The normalized spacial score (nSPS) is 10.1. The number of benzene rings is 2. The number of rotatable bonds is 6. The Morgan fingerprint density at radius 3 is 2.46 bits per heavy atom. The van der Waals surface area contributed by atoms with Gasteiger partial charge in [-0.2, -0.15) is 0 Å². The molecule has 5 nitrogen and oxygen atoms in total. The molecule has 0 heterocycles. The topological polar surface area (TPSA) is 70.2 Å². The largest absolute Gasteiger partial charge is 0.354 e. The smallest absolute Gasteiger partial charge is 0.319 e. The minimum atomic E-state index is -0.387. The van der Waals surface area contributed by atoms with E-state index >= 15 is 0 Å². The van der Waals surface area contributed by atoms with Crippen LogP contribution in [0.5, 0.6) is 0 Å². The van der Waals surface area contributed by atoms with Crippen molar-refractivity contribution < 1.29 is 9.59 Å². The van der Waals surface area contributed by atoms with Gasteiger partial charge in [0.2, 0.25) is 5.91 Å². The van der Waals surface area contributed by atoms with Crippen molar-refractivity contribution in [3.05, 3.63) is 65.2 Å². The zero-order chi connectivity index (χ0) is 17.4. The Hall–Kier alpha value is -2.82. The fourth-order valence-corrected chi connectivity index (χ4v) is 2.25. The predicted molar refractivity (Wildman–Crippen MR) is 96.1 cm³/mol. The summed E-state index contributed by atoms with van der Waals surface area (Å²) < 4.78 is 0. The van der Waals surface area contributed by atoms with E-state index in [1.165, 1.54) is 5.56 Å². The molecule has 126 valence electrons. The average Bonchev–Trinajstić information content (AvgIpc) is 2.57. The van der Waals surface area contributed by atoms with Gasteiger partial charge >= 0.3 is 6.03 Å². The van der Waals surface area contributed by atoms with Crippen LogP contribution >= 0.6 is 0 Å². The molecule has 0 aromatic heterocycles. The first-order chi connectivity index (χ1) is 11.5. The van der Waals surface area contributed by atoms with Crippen molar-refractivity contribution in [1.82, 2.24) is 10.6 Å². The molecule has 3 N–H and O–H groups in total. The summed E-state index contributed by atoms with van der Waals surface area (Å²) in [5.74, 6) is -0.206. The molecule has 0 spiro atoms. The van der Waals surface area contributed by atoms with Crippen LogP contribution in [-0.4, -0.2) is 25.0 Å². The van der Waals surface area contributed by atoms with Gasteiger partial charge in [0.15, 0.2) is 0 Å². The fourth-order valence-electron chi connectivity index (χ4n) is 2.25.